The molecule has 0 aromatic rings. The van der Waals surface area contributed by atoms with Crippen LogP contribution in [0.5, 0.6) is 0 Å². The van der Waals surface area contributed by atoms with E-state index in [1.807, 2.05) is 0 Å². The van der Waals surface area contributed by atoms with Crippen LogP contribution >= 0.6 is 0 Å². The van der Waals surface area contributed by atoms with E-state index in [1.165, 1.54) is 25.7 Å². The van der Waals surface area contributed by atoms with E-state index in [-0.39, 0.29) is 11.6 Å². The second-order valence-electron chi connectivity index (χ2n) is 4.86. The summed E-state index contributed by atoms with van der Waals surface area (Å²) in [7, 11) is 0. The van der Waals surface area contributed by atoms with Crippen LogP contribution in [0.15, 0.2) is 4.99 Å². The first kappa shape index (κ1) is 9.97. The molecule has 0 aromatic heterocycles. The quantitative estimate of drug-likeness (QED) is 0.699. The van der Waals surface area contributed by atoms with Crippen LogP contribution in [0.25, 0.3) is 0 Å². The van der Waals surface area contributed by atoms with Gasteiger partial charge in [-0.2, -0.15) is 0 Å². The largest absolute Gasteiger partial charge is 0.387 e. The lowest BCUT2D eigenvalue weighted by Crippen LogP contribution is -2.47. The Labute approximate surface area is 86.0 Å². The van der Waals surface area contributed by atoms with Crippen LogP contribution in [0.1, 0.15) is 45.4 Å². The maximum atomic E-state index is 6.11. The first-order valence-electron chi connectivity index (χ1n) is 5.75. The smallest absolute Gasteiger partial charge is 0.0944 e. The minimum Gasteiger partial charge on any atom is -0.387 e. The average Bonchev–Trinajstić information content (AvgIpc) is 2.89. The monoisotopic (exact) mass is 195 g/mol. The van der Waals surface area contributed by atoms with E-state index >= 15 is 0 Å². The number of aliphatic imine (C=N–C) groups is 1. The van der Waals surface area contributed by atoms with Crippen molar-refractivity contribution in [2.45, 2.75) is 57.0 Å². The molecule has 2 atom stereocenters. The minimum absolute atomic E-state index is 0.0133. The summed E-state index contributed by atoms with van der Waals surface area (Å²) < 4.78 is 0. The summed E-state index contributed by atoms with van der Waals surface area (Å²) in [5.41, 5.74) is 12.0. The van der Waals surface area contributed by atoms with Crippen molar-refractivity contribution in [3.8, 4) is 0 Å². The zero-order valence-electron chi connectivity index (χ0n) is 9.00. The normalized spacial score (nSPS) is 36.0. The molecule has 0 amide bonds. The van der Waals surface area contributed by atoms with Gasteiger partial charge in [-0.25, -0.2) is 0 Å². The minimum atomic E-state index is -0.0133. The van der Waals surface area contributed by atoms with E-state index in [9.17, 15) is 0 Å². The third kappa shape index (κ3) is 1.65. The Morgan fingerprint density at radius 1 is 1.43 bits per heavy atom. The molecule has 1 heterocycles. The van der Waals surface area contributed by atoms with Crippen molar-refractivity contribution in [2.75, 3.05) is 0 Å². The molecule has 0 saturated heterocycles. The highest BCUT2D eigenvalue weighted by molar-refractivity contribution is 5.81. The second-order valence-corrected chi connectivity index (χ2v) is 4.86. The van der Waals surface area contributed by atoms with E-state index in [0.717, 1.165) is 18.7 Å². The van der Waals surface area contributed by atoms with Gasteiger partial charge in [0.2, 0.25) is 0 Å². The molecule has 2 aliphatic rings. The van der Waals surface area contributed by atoms with Crippen LogP contribution in [0.4, 0.5) is 0 Å². The lowest BCUT2D eigenvalue weighted by atomic mass is 9.82. The summed E-state index contributed by atoms with van der Waals surface area (Å²) in [6.45, 7) is 2.08. The van der Waals surface area contributed by atoms with Crippen molar-refractivity contribution in [3.05, 3.63) is 0 Å². The number of hydrogen-bond donors (Lipinski definition) is 2. The fraction of sp³-hybridized carbons (Fsp3) is 0.909. The molecule has 0 spiro atoms. The second kappa shape index (κ2) is 3.54. The molecule has 0 aromatic carbocycles. The molecule has 2 unspecified atom stereocenters. The highest BCUT2D eigenvalue weighted by Gasteiger charge is 2.47. The predicted octanol–water partition coefficient (Wildman–Crippen LogP) is 1.41. The summed E-state index contributed by atoms with van der Waals surface area (Å²) in [5.74, 6) is 1.53. The van der Waals surface area contributed by atoms with Gasteiger partial charge >= 0.3 is 0 Å². The van der Waals surface area contributed by atoms with E-state index < -0.39 is 0 Å². The molecule has 80 valence electrons. The Bertz CT molecular complexity index is 239. The lowest BCUT2D eigenvalue weighted by molar-refractivity contribution is 0.292. The van der Waals surface area contributed by atoms with Gasteiger partial charge in [-0.15, -0.1) is 0 Å². The summed E-state index contributed by atoms with van der Waals surface area (Å²) in [6.07, 6.45) is 7.08. The molecule has 1 aliphatic heterocycles. The van der Waals surface area contributed by atoms with Crippen LogP contribution in [-0.4, -0.2) is 17.4 Å². The van der Waals surface area contributed by atoms with E-state index in [1.54, 1.807) is 0 Å². The van der Waals surface area contributed by atoms with Crippen LogP contribution in [0, 0.1) is 5.92 Å². The van der Waals surface area contributed by atoms with Crippen LogP contribution in [-0.2, 0) is 0 Å². The van der Waals surface area contributed by atoms with Gasteiger partial charge < -0.3 is 11.5 Å². The molecule has 14 heavy (non-hydrogen) atoms. The Morgan fingerprint density at radius 2 is 2.14 bits per heavy atom. The van der Waals surface area contributed by atoms with Crippen molar-refractivity contribution in [2.24, 2.45) is 22.4 Å². The highest BCUT2D eigenvalue weighted by Crippen LogP contribution is 2.47. The molecule has 1 saturated carbocycles. The zero-order chi connectivity index (χ0) is 10.2. The van der Waals surface area contributed by atoms with Gasteiger partial charge in [-0.1, -0.05) is 6.42 Å². The van der Waals surface area contributed by atoms with Crippen molar-refractivity contribution in [1.82, 2.24) is 0 Å². The Morgan fingerprint density at radius 3 is 2.71 bits per heavy atom. The maximum Gasteiger partial charge on any atom is 0.0944 e. The van der Waals surface area contributed by atoms with Crippen molar-refractivity contribution >= 4 is 5.84 Å². The molecule has 2 rings (SSSR count). The summed E-state index contributed by atoms with van der Waals surface area (Å²) in [5, 5.41) is 0. The van der Waals surface area contributed by atoms with Gasteiger partial charge in [-0.3, -0.25) is 4.99 Å². The molecule has 4 N–H and O–H groups in total. The topological polar surface area (TPSA) is 64.4 Å². The lowest BCUT2D eigenvalue weighted by Gasteiger charge is -2.33. The highest BCUT2D eigenvalue weighted by atomic mass is 15.0. The predicted molar refractivity (Wildman–Crippen MR) is 59.2 cm³/mol. The van der Waals surface area contributed by atoms with Gasteiger partial charge in [0.05, 0.1) is 11.4 Å². The Kier molecular flexibility index (Phi) is 2.52. The van der Waals surface area contributed by atoms with Crippen molar-refractivity contribution in [1.29, 1.82) is 0 Å². The number of nitrogens with two attached hydrogens (primary N) is 2. The average molecular weight is 195 g/mol. The number of nitrogens with zero attached hydrogens (tertiary/aromatic N) is 1. The van der Waals surface area contributed by atoms with E-state index in [0.29, 0.717) is 5.92 Å². The van der Waals surface area contributed by atoms with Crippen molar-refractivity contribution < 1.29 is 0 Å². The van der Waals surface area contributed by atoms with Crippen LogP contribution in [0.2, 0.25) is 0 Å². The van der Waals surface area contributed by atoms with Crippen LogP contribution < -0.4 is 11.5 Å². The third-order valence-corrected chi connectivity index (χ3v) is 3.68. The molecule has 1 fully saturated rings. The number of rotatable bonds is 2. The van der Waals surface area contributed by atoms with E-state index in [4.69, 9.17) is 16.5 Å². The maximum absolute atomic E-state index is 6.11. The molecular weight excluding hydrogens is 174 g/mol. The third-order valence-electron chi connectivity index (χ3n) is 3.68. The molecule has 3 heteroatoms. The van der Waals surface area contributed by atoms with Gasteiger partial charge in [0, 0.05) is 12.5 Å². The Balaban J connectivity index is 2.26. The summed E-state index contributed by atoms with van der Waals surface area (Å²) in [4.78, 5) is 4.74. The number of hydrogen-bond acceptors (Lipinski definition) is 3. The van der Waals surface area contributed by atoms with Crippen LogP contribution in [0.3, 0.4) is 0 Å². The van der Waals surface area contributed by atoms with Crippen molar-refractivity contribution in [3.63, 3.8) is 0 Å². The first-order valence-corrected chi connectivity index (χ1v) is 5.75. The molecular formula is C11H21N3. The summed E-state index contributed by atoms with van der Waals surface area (Å²) >= 11 is 0. The fourth-order valence-electron chi connectivity index (χ4n) is 2.67. The molecule has 0 radical (unpaired) electrons. The Hall–Kier alpha value is -0.570. The summed E-state index contributed by atoms with van der Waals surface area (Å²) in [6, 6.07) is 0.145. The standard InChI is InChI=1S/C11H21N3/c1-8(12)11(9-5-6-9)7-3-2-4-10(13)14-11/h8-9H,2-7,12H2,1H3,(H2,13,14). The fourth-order valence-corrected chi connectivity index (χ4v) is 2.67. The molecule has 3 nitrogen and oxygen atoms in total. The SMILES string of the molecule is CC(N)C1(C2CC2)CCCCC(N)=N1. The van der Waals surface area contributed by atoms with Gasteiger partial charge in [0.1, 0.15) is 0 Å². The van der Waals surface area contributed by atoms with Gasteiger partial charge in [-0.05, 0) is 38.5 Å². The van der Waals surface area contributed by atoms with Gasteiger partial charge in [0.25, 0.3) is 0 Å². The first-order chi connectivity index (χ1) is 6.65. The molecule has 1 aliphatic carbocycles. The zero-order valence-corrected chi connectivity index (χ0v) is 9.00. The van der Waals surface area contributed by atoms with Gasteiger partial charge in [0.15, 0.2) is 0 Å². The molecule has 0 bridgehead atoms. The number of amidine groups is 1. The van der Waals surface area contributed by atoms with E-state index in [2.05, 4.69) is 6.92 Å².